The molecule has 8 heteroatoms. The third-order valence-corrected chi connectivity index (χ3v) is 5.05. The Hall–Kier alpha value is -1.22. The van der Waals surface area contributed by atoms with Crippen molar-refractivity contribution in [2.75, 3.05) is 0 Å². The van der Waals surface area contributed by atoms with E-state index in [1.807, 2.05) is 0 Å². The predicted molar refractivity (Wildman–Crippen MR) is 97.0 cm³/mol. The normalized spacial score (nSPS) is 21.9. The smallest absolute Gasteiger partial charge is 0.247 e. The maximum Gasteiger partial charge on any atom is 0.247 e. The Kier molecular flexibility index (Phi) is 10.8. The van der Waals surface area contributed by atoms with Gasteiger partial charge < -0.3 is 33.1 Å². The van der Waals surface area contributed by atoms with Gasteiger partial charge >= 0.3 is 0 Å². The Balaban J connectivity index is 0.000000443. The van der Waals surface area contributed by atoms with Crippen LogP contribution in [0.15, 0.2) is 0 Å². The van der Waals surface area contributed by atoms with Crippen LogP contribution in [0.1, 0.15) is 58.8 Å². The Labute approximate surface area is 150 Å². The summed E-state index contributed by atoms with van der Waals surface area (Å²) < 4.78 is 0. The number of nitrogens with two attached hydrogens (primary N) is 4. The molecule has 0 saturated heterocycles. The molecular formula is C17H36N4O4. The molecule has 2 saturated carbocycles. The summed E-state index contributed by atoms with van der Waals surface area (Å²) in [7, 11) is 0. The topological polar surface area (TPSA) is 179 Å². The van der Waals surface area contributed by atoms with Crippen LogP contribution in [0.4, 0.5) is 0 Å². The van der Waals surface area contributed by atoms with E-state index in [4.69, 9.17) is 33.1 Å². The standard InChI is InChI=1S/2C8H16N2O2.CH4/c2*9-6(7(11)8(10)12)4-5-2-1-3-5;/h2*5-7,11H,1-4,9H2,(H2,10,12);1H4/t2*6-,7+;/m00./s1. The van der Waals surface area contributed by atoms with E-state index in [-0.39, 0.29) is 7.43 Å². The van der Waals surface area contributed by atoms with Crippen molar-refractivity contribution in [2.24, 2.45) is 34.8 Å². The molecule has 0 unspecified atom stereocenters. The number of aliphatic hydroxyl groups is 2. The van der Waals surface area contributed by atoms with Crippen molar-refractivity contribution in [2.45, 2.75) is 83.1 Å². The zero-order valence-corrected chi connectivity index (χ0v) is 14.1. The van der Waals surface area contributed by atoms with Crippen LogP contribution >= 0.6 is 0 Å². The van der Waals surface area contributed by atoms with E-state index < -0.39 is 36.1 Å². The molecule has 2 aliphatic carbocycles. The van der Waals surface area contributed by atoms with Crippen molar-refractivity contribution in [3.8, 4) is 0 Å². The monoisotopic (exact) mass is 360 g/mol. The largest absolute Gasteiger partial charge is 0.382 e. The number of amides is 2. The minimum Gasteiger partial charge on any atom is -0.382 e. The number of rotatable bonds is 8. The van der Waals surface area contributed by atoms with Gasteiger partial charge in [0.1, 0.15) is 12.2 Å². The van der Waals surface area contributed by atoms with Crippen LogP contribution in [-0.4, -0.2) is 46.3 Å². The molecule has 2 aliphatic rings. The Morgan fingerprint density at radius 1 is 0.800 bits per heavy atom. The second-order valence-electron chi connectivity index (χ2n) is 7.09. The van der Waals surface area contributed by atoms with E-state index in [0.717, 1.165) is 0 Å². The van der Waals surface area contributed by atoms with E-state index in [9.17, 15) is 9.59 Å². The molecule has 0 aromatic carbocycles. The fourth-order valence-electron chi connectivity index (χ4n) is 2.91. The zero-order chi connectivity index (χ0) is 18.3. The van der Waals surface area contributed by atoms with Gasteiger partial charge in [-0.25, -0.2) is 0 Å². The van der Waals surface area contributed by atoms with Crippen molar-refractivity contribution in [1.29, 1.82) is 0 Å². The van der Waals surface area contributed by atoms with E-state index in [1.54, 1.807) is 0 Å². The van der Waals surface area contributed by atoms with Gasteiger partial charge in [0.15, 0.2) is 0 Å². The van der Waals surface area contributed by atoms with Crippen LogP contribution in [0.3, 0.4) is 0 Å². The first-order valence-electron chi connectivity index (χ1n) is 8.68. The molecule has 2 rings (SSSR count). The van der Waals surface area contributed by atoms with Gasteiger partial charge in [-0.1, -0.05) is 46.0 Å². The molecule has 0 aromatic rings. The molecule has 0 bridgehead atoms. The molecule has 2 amide bonds. The summed E-state index contributed by atoms with van der Waals surface area (Å²) >= 11 is 0. The van der Waals surface area contributed by atoms with Crippen LogP contribution in [-0.2, 0) is 9.59 Å². The quantitative estimate of drug-likeness (QED) is 0.334. The summed E-state index contributed by atoms with van der Waals surface area (Å²) in [6.07, 6.45) is 6.22. The minimum absolute atomic E-state index is 0. The molecule has 10 N–H and O–H groups in total. The molecule has 0 radical (unpaired) electrons. The Bertz CT molecular complexity index is 375. The van der Waals surface area contributed by atoms with Crippen LogP contribution in [0.25, 0.3) is 0 Å². The van der Waals surface area contributed by atoms with Crippen molar-refractivity contribution in [3.63, 3.8) is 0 Å². The van der Waals surface area contributed by atoms with Crippen LogP contribution in [0.5, 0.6) is 0 Å². The van der Waals surface area contributed by atoms with E-state index in [2.05, 4.69) is 0 Å². The zero-order valence-electron chi connectivity index (χ0n) is 14.1. The summed E-state index contributed by atoms with van der Waals surface area (Å²) in [5.41, 5.74) is 21.0. The SMILES string of the molecule is C.NC(=O)[C@H](O)[C@@H](N)CC1CCC1.NC(=O)[C@H](O)[C@@H](N)CC1CCC1. The molecule has 0 aliphatic heterocycles. The van der Waals surface area contributed by atoms with Gasteiger partial charge in [-0.05, 0) is 24.7 Å². The third-order valence-electron chi connectivity index (χ3n) is 5.05. The molecule has 4 atom stereocenters. The lowest BCUT2D eigenvalue weighted by atomic mass is 9.80. The summed E-state index contributed by atoms with van der Waals surface area (Å²) in [6, 6.07) is -0.958. The van der Waals surface area contributed by atoms with Crippen molar-refractivity contribution < 1.29 is 19.8 Å². The van der Waals surface area contributed by atoms with Gasteiger partial charge in [0.05, 0.1) is 0 Å². The first-order chi connectivity index (χ1) is 11.2. The maximum atomic E-state index is 10.5. The summed E-state index contributed by atoms with van der Waals surface area (Å²) in [6.45, 7) is 0. The van der Waals surface area contributed by atoms with Gasteiger partial charge in [-0.15, -0.1) is 0 Å². The van der Waals surface area contributed by atoms with E-state index in [0.29, 0.717) is 24.7 Å². The lowest BCUT2D eigenvalue weighted by Crippen LogP contribution is -2.45. The highest BCUT2D eigenvalue weighted by Crippen LogP contribution is 2.31. The van der Waals surface area contributed by atoms with Crippen LogP contribution in [0, 0.1) is 11.8 Å². The number of hydrogen-bond donors (Lipinski definition) is 6. The fraction of sp³-hybridized carbons (Fsp3) is 0.882. The Morgan fingerprint density at radius 3 is 1.24 bits per heavy atom. The molecular weight excluding hydrogens is 324 g/mol. The van der Waals surface area contributed by atoms with Crippen molar-refractivity contribution >= 4 is 11.8 Å². The predicted octanol–water partition coefficient (Wildman–Crippen LogP) is -0.664. The lowest BCUT2D eigenvalue weighted by Gasteiger charge is -2.29. The average Bonchev–Trinajstić information content (AvgIpc) is 2.44. The molecule has 0 spiro atoms. The van der Waals surface area contributed by atoms with Crippen molar-refractivity contribution in [1.82, 2.24) is 0 Å². The number of primary amides is 2. The first-order valence-corrected chi connectivity index (χ1v) is 8.68. The van der Waals surface area contributed by atoms with Crippen LogP contribution < -0.4 is 22.9 Å². The van der Waals surface area contributed by atoms with Crippen LogP contribution in [0.2, 0.25) is 0 Å². The summed E-state index contributed by atoms with van der Waals surface area (Å²) in [5.74, 6) is -0.258. The van der Waals surface area contributed by atoms with Gasteiger partial charge in [0.2, 0.25) is 11.8 Å². The molecule has 148 valence electrons. The number of carbonyl (C=O) groups is 2. The van der Waals surface area contributed by atoms with E-state index in [1.165, 1.54) is 38.5 Å². The van der Waals surface area contributed by atoms with Gasteiger partial charge in [0.25, 0.3) is 0 Å². The third kappa shape index (κ3) is 8.13. The van der Waals surface area contributed by atoms with Gasteiger partial charge in [-0.3, -0.25) is 9.59 Å². The number of carbonyl (C=O) groups excluding carboxylic acids is 2. The maximum absolute atomic E-state index is 10.5. The highest BCUT2D eigenvalue weighted by atomic mass is 16.3. The Morgan fingerprint density at radius 2 is 1.08 bits per heavy atom. The van der Waals surface area contributed by atoms with Gasteiger partial charge in [0, 0.05) is 12.1 Å². The highest BCUT2D eigenvalue weighted by Gasteiger charge is 2.27. The molecule has 8 nitrogen and oxygen atoms in total. The first kappa shape index (κ1) is 23.8. The molecule has 0 heterocycles. The minimum atomic E-state index is -1.18. The second kappa shape index (κ2) is 11.4. The number of hydrogen-bond acceptors (Lipinski definition) is 6. The molecule has 2 fully saturated rings. The second-order valence-corrected chi connectivity index (χ2v) is 7.09. The van der Waals surface area contributed by atoms with Gasteiger partial charge in [-0.2, -0.15) is 0 Å². The average molecular weight is 360 g/mol. The fourth-order valence-corrected chi connectivity index (χ4v) is 2.91. The highest BCUT2D eigenvalue weighted by molar-refractivity contribution is 5.79. The lowest BCUT2D eigenvalue weighted by molar-refractivity contribution is -0.127. The summed E-state index contributed by atoms with van der Waals surface area (Å²) in [5, 5.41) is 18.3. The van der Waals surface area contributed by atoms with E-state index >= 15 is 0 Å². The number of aliphatic hydroxyl groups excluding tert-OH is 2. The molecule has 0 aromatic heterocycles. The molecule has 25 heavy (non-hydrogen) atoms. The summed E-state index contributed by atoms with van der Waals surface area (Å²) in [4.78, 5) is 21.0. The van der Waals surface area contributed by atoms with Crippen molar-refractivity contribution in [3.05, 3.63) is 0 Å².